The van der Waals surface area contributed by atoms with Gasteiger partial charge in [-0.2, -0.15) is 0 Å². The van der Waals surface area contributed by atoms with E-state index in [1.807, 2.05) is 0 Å². The van der Waals surface area contributed by atoms with E-state index in [1.54, 1.807) is 19.1 Å². The van der Waals surface area contributed by atoms with Gasteiger partial charge >= 0.3 is 0 Å². The van der Waals surface area contributed by atoms with Crippen molar-refractivity contribution in [3.05, 3.63) is 59.2 Å². The van der Waals surface area contributed by atoms with Gasteiger partial charge in [-0.1, -0.05) is 6.07 Å². The quantitative estimate of drug-likeness (QED) is 0.908. The van der Waals surface area contributed by atoms with Crippen molar-refractivity contribution in [3.63, 3.8) is 0 Å². The van der Waals surface area contributed by atoms with E-state index in [1.165, 1.54) is 12.1 Å². The lowest BCUT2D eigenvalue weighted by Gasteiger charge is -2.19. The number of carbonyl (C=O) groups is 2. The van der Waals surface area contributed by atoms with Crippen LogP contribution < -0.4 is 15.4 Å². The van der Waals surface area contributed by atoms with Crippen LogP contribution in [0.1, 0.15) is 28.9 Å². The SMILES string of the molecule is CC(NC(=O)c1ccc2c(c1)NC(=O)CO2)c1ccc(F)c(F)c1. The van der Waals surface area contributed by atoms with Crippen LogP contribution in [-0.2, 0) is 4.79 Å². The first kappa shape index (κ1) is 15.9. The van der Waals surface area contributed by atoms with Crippen LogP contribution in [-0.4, -0.2) is 18.4 Å². The molecule has 1 heterocycles. The molecule has 1 atom stereocenters. The summed E-state index contributed by atoms with van der Waals surface area (Å²) in [5.74, 6) is -2.13. The van der Waals surface area contributed by atoms with Crippen molar-refractivity contribution in [2.45, 2.75) is 13.0 Å². The summed E-state index contributed by atoms with van der Waals surface area (Å²) in [4.78, 5) is 23.6. The molecule has 3 rings (SSSR count). The molecule has 24 heavy (non-hydrogen) atoms. The zero-order chi connectivity index (χ0) is 17.3. The van der Waals surface area contributed by atoms with Crippen LogP contribution in [0.3, 0.4) is 0 Å². The third-order valence-corrected chi connectivity index (χ3v) is 3.67. The van der Waals surface area contributed by atoms with Crippen LogP contribution in [0.5, 0.6) is 5.75 Å². The third kappa shape index (κ3) is 3.19. The van der Waals surface area contributed by atoms with Gasteiger partial charge < -0.3 is 15.4 Å². The molecule has 1 aliphatic heterocycles. The molecule has 2 aromatic rings. The predicted molar refractivity (Wildman–Crippen MR) is 82.8 cm³/mol. The minimum atomic E-state index is -0.970. The second-order valence-corrected chi connectivity index (χ2v) is 5.42. The Morgan fingerprint density at radius 3 is 2.75 bits per heavy atom. The number of ether oxygens (including phenoxy) is 1. The van der Waals surface area contributed by atoms with Crippen LogP contribution in [0.15, 0.2) is 36.4 Å². The second kappa shape index (κ2) is 6.27. The van der Waals surface area contributed by atoms with Gasteiger partial charge in [0.2, 0.25) is 0 Å². The van der Waals surface area contributed by atoms with Gasteiger partial charge in [0.1, 0.15) is 5.75 Å². The van der Waals surface area contributed by atoms with Gasteiger partial charge in [-0.25, -0.2) is 8.78 Å². The van der Waals surface area contributed by atoms with Crippen LogP contribution in [0.2, 0.25) is 0 Å². The van der Waals surface area contributed by atoms with E-state index in [2.05, 4.69) is 10.6 Å². The molecule has 0 saturated heterocycles. The maximum Gasteiger partial charge on any atom is 0.262 e. The molecule has 0 aromatic heterocycles. The maximum atomic E-state index is 13.3. The predicted octanol–water partition coefficient (Wildman–Crippen LogP) is 2.79. The van der Waals surface area contributed by atoms with E-state index >= 15 is 0 Å². The van der Waals surface area contributed by atoms with E-state index in [9.17, 15) is 18.4 Å². The van der Waals surface area contributed by atoms with Gasteiger partial charge in [-0.15, -0.1) is 0 Å². The lowest BCUT2D eigenvalue weighted by Crippen LogP contribution is -2.28. The Balaban J connectivity index is 1.76. The lowest BCUT2D eigenvalue weighted by molar-refractivity contribution is -0.118. The highest BCUT2D eigenvalue weighted by Gasteiger charge is 2.19. The Bertz CT molecular complexity index is 823. The fourth-order valence-electron chi connectivity index (χ4n) is 2.37. The number of hydrogen-bond acceptors (Lipinski definition) is 3. The first-order valence-electron chi connectivity index (χ1n) is 7.26. The van der Waals surface area contributed by atoms with Crippen LogP contribution in [0, 0.1) is 11.6 Å². The Morgan fingerprint density at radius 1 is 1.21 bits per heavy atom. The topological polar surface area (TPSA) is 67.4 Å². The van der Waals surface area contributed by atoms with Crippen molar-refractivity contribution in [3.8, 4) is 5.75 Å². The number of halogens is 2. The summed E-state index contributed by atoms with van der Waals surface area (Å²) in [7, 11) is 0. The first-order chi connectivity index (χ1) is 11.4. The minimum absolute atomic E-state index is 0.0638. The van der Waals surface area contributed by atoms with Crippen molar-refractivity contribution in [2.75, 3.05) is 11.9 Å². The third-order valence-electron chi connectivity index (χ3n) is 3.67. The van der Waals surface area contributed by atoms with E-state index in [0.717, 1.165) is 12.1 Å². The summed E-state index contributed by atoms with van der Waals surface area (Å²) in [5.41, 5.74) is 1.17. The molecule has 0 radical (unpaired) electrons. The van der Waals surface area contributed by atoms with E-state index in [-0.39, 0.29) is 12.5 Å². The van der Waals surface area contributed by atoms with Crippen molar-refractivity contribution >= 4 is 17.5 Å². The van der Waals surface area contributed by atoms with Gasteiger partial charge in [-0.3, -0.25) is 9.59 Å². The van der Waals surface area contributed by atoms with Crippen LogP contribution in [0.25, 0.3) is 0 Å². The molecule has 2 amide bonds. The molecular weight excluding hydrogens is 318 g/mol. The van der Waals surface area contributed by atoms with Crippen molar-refractivity contribution in [2.24, 2.45) is 0 Å². The van der Waals surface area contributed by atoms with Gasteiger partial charge in [0.25, 0.3) is 11.8 Å². The van der Waals surface area contributed by atoms with E-state index in [0.29, 0.717) is 22.6 Å². The summed E-state index contributed by atoms with van der Waals surface area (Å²) in [6, 6.07) is 7.59. The molecule has 2 N–H and O–H groups in total. The minimum Gasteiger partial charge on any atom is -0.482 e. The molecule has 124 valence electrons. The normalized spacial score (nSPS) is 14.2. The molecule has 0 aliphatic carbocycles. The molecule has 0 saturated carbocycles. The van der Waals surface area contributed by atoms with Gasteiger partial charge in [0.05, 0.1) is 11.7 Å². The van der Waals surface area contributed by atoms with E-state index < -0.39 is 23.6 Å². The van der Waals surface area contributed by atoms with Gasteiger partial charge in [0, 0.05) is 5.56 Å². The molecule has 5 nitrogen and oxygen atoms in total. The molecule has 1 aliphatic rings. The summed E-state index contributed by atoms with van der Waals surface area (Å²) >= 11 is 0. The maximum absolute atomic E-state index is 13.3. The number of nitrogens with one attached hydrogen (secondary N) is 2. The van der Waals surface area contributed by atoms with Crippen molar-refractivity contribution in [1.29, 1.82) is 0 Å². The van der Waals surface area contributed by atoms with Crippen LogP contribution >= 0.6 is 0 Å². The number of carbonyl (C=O) groups excluding carboxylic acids is 2. The lowest BCUT2D eigenvalue weighted by atomic mass is 10.1. The number of benzene rings is 2. The van der Waals surface area contributed by atoms with Gasteiger partial charge in [-0.05, 0) is 42.8 Å². The zero-order valence-corrected chi connectivity index (χ0v) is 12.7. The Morgan fingerprint density at radius 2 is 2.00 bits per heavy atom. The average molecular weight is 332 g/mol. The largest absolute Gasteiger partial charge is 0.482 e. The number of anilines is 1. The monoisotopic (exact) mass is 332 g/mol. The standard InChI is InChI=1S/C17H14F2N2O3/c1-9(10-2-4-12(18)13(19)6-10)20-17(23)11-3-5-15-14(7-11)21-16(22)8-24-15/h2-7,9H,8H2,1H3,(H,20,23)(H,21,22). The Hall–Kier alpha value is -2.96. The number of hydrogen-bond donors (Lipinski definition) is 2. The Labute approximate surface area is 136 Å². The highest BCUT2D eigenvalue weighted by atomic mass is 19.2. The highest BCUT2D eigenvalue weighted by Crippen LogP contribution is 2.28. The van der Waals surface area contributed by atoms with Crippen molar-refractivity contribution < 1.29 is 23.1 Å². The van der Waals surface area contributed by atoms with Crippen molar-refractivity contribution in [1.82, 2.24) is 5.32 Å². The van der Waals surface area contributed by atoms with Gasteiger partial charge in [0.15, 0.2) is 18.2 Å². The molecule has 0 bridgehead atoms. The molecule has 0 spiro atoms. The highest BCUT2D eigenvalue weighted by molar-refractivity contribution is 5.99. The number of amides is 2. The second-order valence-electron chi connectivity index (χ2n) is 5.42. The molecule has 7 heteroatoms. The summed E-state index contributed by atoms with van der Waals surface area (Å²) in [6.07, 6.45) is 0. The summed E-state index contributed by atoms with van der Waals surface area (Å²) < 4.78 is 31.5. The molecule has 2 aromatic carbocycles. The fraction of sp³-hybridized carbons (Fsp3) is 0.176. The molecule has 1 unspecified atom stereocenters. The number of rotatable bonds is 3. The fourth-order valence-corrected chi connectivity index (χ4v) is 2.37. The van der Waals surface area contributed by atoms with Crippen LogP contribution in [0.4, 0.5) is 14.5 Å². The Kier molecular flexibility index (Phi) is 4.16. The zero-order valence-electron chi connectivity index (χ0n) is 12.7. The average Bonchev–Trinajstić information content (AvgIpc) is 2.56. The molecular formula is C17H14F2N2O3. The van der Waals surface area contributed by atoms with E-state index in [4.69, 9.17) is 4.74 Å². The smallest absolute Gasteiger partial charge is 0.262 e. The summed E-state index contributed by atoms with van der Waals surface area (Å²) in [6.45, 7) is 1.60. The summed E-state index contributed by atoms with van der Waals surface area (Å²) in [5, 5.41) is 5.31. The molecule has 0 fully saturated rings. The number of fused-ring (bicyclic) bond motifs is 1. The first-order valence-corrected chi connectivity index (χ1v) is 7.26.